The van der Waals surface area contributed by atoms with Crippen molar-refractivity contribution in [3.05, 3.63) is 87.0 Å². The predicted molar refractivity (Wildman–Crippen MR) is 131 cm³/mol. The standard InChI is InChI=1S/C23H20ClN5O3S/c1-13-19(22(31)29(28(13)3)15-9-5-4-6-10-15)25-23(33)26-21(30)18-14(2)32-27-20(18)16-11-7-8-12-17(16)24/h4-12H,1-3H3,(H2,25,26,30,33). The Bertz CT molecular complexity index is 1420. The lowest BCUT2D eigenvalue weighted by molar-refractivity contribution is 0.0977. The molecule has 0 saturated carbocycles. The number of hydrogen-bond donors (Lipinski definition) is 2. The molecule has 4 rings (SSSR count). The summed E-state index contributed by atoms with van der Waals surface area (Å²) in [5.41, 5.74) is 2.40. The fourth-order valence-corrected chi connectivity index (χ4v) is 3.92. The van der Waals surface area contributed by atoms with Crippen LogP contribution in [0.4, 0.5) is 5.69 Å². The van der Waals surface area contributed by atoms with Gasteiger partial charge in [-0.15, -0.1) is 0 Å². The molecule has 0 atom stereocenters. The van der Waals surface area contributed by atoms with Gasteiger partial charge in [-0.25, -0.2) is 4.68 Å². The lowest BCUT2D eigenvalue weighted by Gasteiger charge is -2.09. The number of benzene rings is 2. The second-order valence-electron chi connectivity index (χ2n) is 7.29. The SMILES string of the molecule is Cc1onc(-c2ccccc2Cl)c1C(=O)NC(=S)Nc1c(C)n(C)n(-c2ccccc2)c1=O. The van der Waals surface area contributed by atoms with Crippen LogP contribution in [-0.4, -0.2) is 25.5 Å². The predicted octanol–water partition coefficient (Wildman–Crippen LogP) is 4.23. The van der Waals surface area contributed by atoms with Crippen LogP contribution in [0.25, 0.3) is 16.9 Å². The molecule has 4 aromatic rings. The summed E-state index contributed by atoms with van der Waals surface area (Å²) in [5, 5.41) is 9.86. The van der Waals surface area contributed by atoms with Gasteiger partial charge in [0, 0.05) is 12.6 Å². The summed E-state index contributed by atoms with van der Waals surface area (Å²) in [6.07, 6.45) is 0. The first-order valence-electron chi connectivity index (χ1n) is 9.97. The van der Waals surface area contributed by atoms with Gasteiger partial charge in [-0.05, 0) is 44.3 Å². The molecule has 0 bridgehead atoms. The first kappa shape index (κ1) is 22.5. The number of amides is 1. The van der Waals surface area contributed by atoms with Crippen LogP contribution in [0.15, 0.2) is 63.9 Å². The minimum atomic E-state index is -0.530. The lowest BCUT2D eigenvalue weighted by Crippen LogP contribution is -2.36. The zero-order valence-electron chi connectivity index (χ0n) is 18.0. The van der Waals surface area contributed by atoms with E-state index in [2.05, 4.69) is 15.8 Å². The van der Waals surface area contributed by atoms with Crippen molar-refractivity contribution in [3.63, 3.8) is 0 Å². The van der Waals surface area contributed by atoms with E-state index >= 15 is 0 Å². The summed E-state index contributed by atoms with van der Waals surface area (Å²) in [6, 6.07) is 16.2. The van der Waals surface area contributed by atoms with E-state index in [-0.39, 0.29) is 21.9 Å². The second kappa shape index (κ2) is 9.05. The number of thiocarbonyl (C=S) groups is 1. The third kappa shape index (κ3) is 4.20. The van der Waals surface area contributed by atoms with Gasteiger partial charge in [0.25, 0.3) is 11.5 Å². The Morgan fingerprint density at radius 1 is 1.09 bits per heavy atom. The summed E-state index contributed by atoms with van der Waals surface area (Å²) in [6.45, 7) is 3.41. The summed E-state index contributed by atoms with van der Waals surface area (Å²) in [7, 11) is 1.77. The molecule has 168 valence electrons. The van der Waals surface area contributed by atoms with Gasteiger partial charge >= 0.3 is 0 Å². The number of carbonyl (C=O) groups excluding carboxylic acids is 1. The van der Waals surface area contributed by atoms with Crippen molar-refractivity contribution in [2.24, 2.45) is 7.05 Å². The molecule has 2 N–H and O–H groups in total. The minimum absolute atomic E-state index is 0.0308. The van der Waals surface area contributed by atoms with E-state index in [1.165, 1.54) is 4.68 Å². The van der Waals surface area contributed by atoms with E-state index in [0.29, 0.717) is 33.4 Å². The molecular formula is C23H20ClN5O3S. The molecule has 33 heavy (non-hydrogen) atoms. The number of carbonyl (C=O) groups is 1. The van der Waals surface area contributed by atoms with Crippen LogP contribution in [0, 0.1) is 13.8 Å². The maximum Gasteiger partial charge on any atom is 0.295 e. The van der Waals surface area contributed by atoms with Gasteiger partial charge in [-0.3, -0.25) is 19.6 Å². The molecule has 0 aliphatic carbocycles. The topological polar surface area (TPSA) is 94.1 Å². The number of nitrogens with zero attached hydrogens (tertiary/aromatic N) is 3. The van der Waals surface area contributed by atoms with Gasteiger partial charge < -0.3 is 9.84 Å². The van der Waals surface area contributed by atoms with Crippen molar-refractivity contribution in [3.8, 4) is 16.9 Å². The van der Waals surface area contributed by atoms with Crippen LogP contribution < -0.4 is 16.2 Å². The van der Waals surface area contributed by atoms with Crippen molar-refractivity contribution >= 4 is 40.5 Å². The number of halogens is 1. The summed E-state index contributed by atoms with van der Waals surface area (Å²) < 4.78 is 8.47. The molecule has 2 heterocycles. The molecule has 2 aromatic carbocycles. The summed E-state index contributed by atoms with van der Waals surface area (Å²) >= 11 is 11.6. The van der Waals surface area contributed by atoms with Gasteiger partial charge in [-0.2, -0.15) is 0 Å². The number of hydrogen-bond acceptors (Lipinski definition) is 5. The van der Waals surface area contributed by atoms with Crippen LogP contribution in [0.3, 0.4) is 0 Å². The fraction of sp³-hybridized carbons (Fsp3) is 0.130. The second-order valence-corrected chi connectivity index (χ2v) is 8.10. The molecule has 10 heteroatoms. The van der Waals surface area contributed by atoms with E-state index < -0.39 is 5.91 Å². The molecule has 0 aliphatic heterocycles. The van der Waals surface area contributed by atoms with E-state index in [4.69, 9.17) is 28.3 Å². The maximum absolute atomic E-state index is 13.1. The third-order valence-electron chi connectivity index (χ3n) is 5.24. The van der Waals surface area contributed by atoms with Gasteiger partial charge in [-0.1, -0.05) is 53.2 Å². The summed E-state index contributed by atoms with van der Waals surface area (Å²) in [4.78, 5) is 26.1. The Kier molecular flexibility index (Phi) is 6.17. The highest BCUT2D eigenvalue weighted by atomic mass is 35.5. The van der Waals surface area contributed by atoms with Crippen molar-refractivity contribution < 1.29 is 9.32 Å². The van der Waals surface area contributed by atoms with E-state index in [0.717, 1.165) is 0 Å². The van der Waals surface area contributed by atoms with Crippen molar-refractivity contribution in [1.82, 2.24) is 19.8 Å². The van der Waals surface area contributed by atoms with E-state index in [1.54, 1.807) is 49.8 Å². The number of anilines is 1. The molecule has 2 aromatic heterocycles. The average molecular weight is 482 g/mol. The zero-order chi connectivity index (χ0) is 23.7. The molecule has 0 unspecified atom stereocenters. The highest BCUT2D eigenvalue weighted by Crippen LogP contribution is 2.30. The van der Waals surface area contributed by atoms with Crippen LogP contribution in [0.5, 0.6) is 0 Å². The number of rotatable bonds is 4. The fourth-order valence-electron chi connectivity index (χ4n) is 3.50. The van der Waals surface area contributed by atoms with Crippen molar-refractivity contribution in [2.45, 2.75) is 13.8 Å². The number of para-hydroxylation sites is 1. The monoisotopic (exact) mass is 481 g/mol. The lowest BCUT2D eigenvalue weighted by atomic mass is 10.1. The largest absolute Gasteiger partial charge is 0.360 e. The molecule has 0 saturated heterocycles. The average Bonchev–Trinajstić information content (AvgIpc) is 3.27. The van der Waals surface area contributed by atoms with E-state index in [1.807, 2.05) is 30.3 Å². The van der Waals surface area contributed by atoms with Crippen molar-refractivity contribution in [1.29, 1.82) is 0 Å². The van der Waals surface area contributed by atoms with Gasteiger partial charge in [0.15, 0.2) is 5.11 Å². The van der Waals surface area contributed by atoms with Crippen LogP contribution in [0.2, 0.25) is 5.02 Å². The van der Waals surface area contributed by atoms with Gasteiger partial charge in [0.2, 0.25) is 0 Å². The molecule has 8 nitrogen and oxygen atoms in total. The molecule has 0 spiro atoms. The maximum atomic E-state index is 13.1. The Hall–Kier alpha value is -3.69. The molecule has 0 radical (unpaired) electrons. The number of aromatic nitrogens is 3. The summed E-state index contributed by atoms with van der Waals surface area (Å²) in [5.74, 6) is -0.217. The Morgan fingerprint density at radius 3 is 2.45 bits per heavy atom. The quantitative estimate of drug-likeness (QED) is 0.424. The van der Waals surface area contributed by atoms with Gasteiger partial charge in [0.05, 0.1) is 16.4 Å². The van der Waals surface area contributed by atoms with Crippen molar-refractivity contribution in [2.75, 3.05) is 5.32 Å². The first-order valence-corrected chi connectivity index (χ1v) is 10.8. The molecular weight excluding hydrogens is 462 g/mol. The Balaban J connectivity index is 1.59. The number of aryl methyl sites for hydroxylation is 1. The van der Waals surface area contributed by atoms with E-state index in [9.17, 15) is 9.59 Å². The number of nitrogens with one attached hydrogen (secondary N) is 2. The smallest absolute Gasteiger partial charge is 0.295 e. The molecule has 0 fully saturated rings. The van der Waals surface area contributed by atoms with Crippen LogP contribution in [0.1, 0.15) is 21.8 Å². The Labute approximate surface area is 199 Å². The minimum Gasteiger partial charge on any atom is -0.360 e. The highest BCUT2D eigenvalue weighted by Gasteiger charge is 2.24. The third-order valence-corrected chi connectivity index (χ3v) is 5.77. The molecule has 1 amide bonds. The van der Waals surface area contributed by atoms with Crippen LogP contribution >= 0.6 is 23.8 Å². The Morgan fingerprint density at radius 2 is 1.76 bits per heavy atom. The first-order chi connectivity index (χ1) is 15.8. The normalized spacial score (nSPS) is 10.8. The van der Waals surface area contributed by atoms with Gasteiger partial charge in [0.1, 0.15) is 22.7 Å². The zero-order valence-corrected chi connectivity index (χ0v) is 19.6. The van der Waals surface area contributed by atoms with Crippen LogP contribution in [-0.2, 0) is 7.05 Å². The molecule has 0 aliphatic rings. The highest BCUT2D eigenvalue weighted by molar-refractivity contribution is 7.80.